The van der Waals surface area contributed by atoms with Crippen LogP contribution in [0.25, 0.3) is 0 Å². The molecule has 0 unspecified atom stereocenters. The fraction of sp³-hybridized carbons (Fsp3) is 0.300. The Kier molecular flexibility index (Phi) is 6.83. The van der Waals surface area contributed by atoms with Crippen LogP contribution < -0.4 is 11.1 Å². The topological polar surface area (TPSA) is 55.1 Å². The summed E-state index contributed by atoms with van der Waals surface area (Å²) in [6, 6.07) is 9.28. The second-order valence-corrected chi connectivity index (χ2v) is 2.91. The summed E-state index contributed by atoms with van der Waals surface area (Å²) in [4.78, 5) is 11.1. The van der Waals surface area contributed by atoms with E-state index >= 15 is 0 Å². The van der Waals surface area contributed by atoms with Gasteiger partial charge in [-0.2, -0.15) is 0 Å². The van der Waals surface area contributed by atoms with Gasteiger partial charge in [0.25, 0.3) is 0 Å². The van der Waals surface area contributed by atoms with Gasteiger partial charge >= 0.3 is 0 Å². The van der Waals surface area contributed by atoms with Crippen LogP contribution in [0.1, 0.15) is 5.56 Å². The quantitative estimate of drug-likeness (QED) is 0.672. The number of likely N-dealkylation sites (N-methyl/N-ethyl adjacent to an activating group) is 1. The van der Waals surface area contributed by atoms with Crippen LogP contribution in [0, 0.1) is 0 Å². The van der Waals surface area contributed by atoms with Gasteiger partial charge in [0.15, 0.2) is 0 Å². The molecular weight excluding hydrogens is 187 g/mol. The van der Waals surface area contributed by atoms with Crippen molar-refractivity contribution in [2.24, 2.45) is 5.73 Å². The number of amides is 1. The first-order chi connectivity index (χ1) is 6.24. The van der Waals surface area contributed by atoms with Crippen molar-refractivity contribution in [1.29, 1.82) is 0 Å². The smallest absolute Gasteiger partial charge is 0.237 e. The fourth-order valence-corrected chi connectivity index (χ4v) is 1.15. The molecule has 3 N–H and O–H groups in total. The Balaban J connectivity index is 0.00000169. The SMILES string of the molecule is CNC(=O)[C@@H](N)Cc1ccccc1.[Na]. The van der Waals surface area contributed by atoms with E-state index in [-0.39, 0.29) is 35.5 Å². The van der Waals surface area contributed by atoms with Crippen LogP contribution in [-0.2, 0) is 11.2 Å². The van der Waals surface area contributed by atoms with Gasteiger partial charge < -0.3 is 11.1 Å². The maximum Gasteiger partial charge on any atom is 0.237 e. The van der Waals surface area contributed by atoms with E-state index in [1.165, 1.54) is 0 Å². The Morgan fingerprint density at radius 2 is 2.00 bits per heavy atom. The Morgan fingerprint density at radius 1 is 1.43 bits per heavy atom. The van der Waals surface area contributed by atoms with E-state index in [0.29, 0.717) is 6.42 Å². The number of carbonyl (C=O) groups is 1. The predicted octanol–water partition coefficient (Wildman–Crippen LogP) is -0.0784. The van der Waals surface area contributed by atoms with Gasteiger partial charge in [-0.25, -0.2) is 0 Å². The number of hydrogen-bond donors (Lipinski definition) is 2. The Morgan fingerprint density at radius 3 is 2.50 bits per heavy atom. The molecule has 1 atom stereocenters. The zero-order valence-electron chi connectivity index (χ0n) is 8.66. The molecule has 1 amide bonds. The first-order valence-corrected chi connectivity index (χ1v) is 4.25. The first kappa shape index (κ1) is 13.7. The Labute approximate surface area is 106 Å². The standard InChI is InChI=1S/C10H14N2O.Na/c1-12-10(13)9(11)7-8-5-3-2-4-6-8;/h2-6,9H,7,11H2,1H3,(H,12,13);/t9-;/m0./s1. The van der Waals surface area contributed by atoms with Gasteiger partial charge in [0.1, 0.15) is 0 Å². The Bertz CT molecular complexity index is 277. The average molecular weight is 201 g/mol. The largest absolute Gasteiger partial charge is 0.358 e. The van der Waals surface area contributed by atoms with Crippen LogP contribution >= 0.6 is 0 Å². The van der Waals surface area contributed by atoms with E-state index in [9.17, 15) is 4.79 Å². The van der Waals surface area contributed by atoms with Crippen LogP contribution in [0.3, 0.4) is 0 Å². The van der Waals surface area contributed by atoms with Crippen molar-refractivity contribution >= 4 is 35.5 Å². The minimum atomic E-state index is -0.451. The minimum absolute atomic E-state index is 0. The molecule has 3 nitrogen and oxygen atoms in total. The fourth-order valence-electron chi connectivity index (χ4n) is 1.15. The monoisotopic (exact) mass is 201 g/mol. The maximum atomic E-state index is 11.1. The predicted molar refractivity (Wildman–Crippen MR) is 57.9 cm³/mol. The van der Waals surface area contributed by atoms with Gasteiger partial charge in [-0.05, 0) is 12.0 Å². The van der Waals surface area contributed by atoms with Gasteiger partial charge in [0, 0.05) is 36.6 Å². The molecule has 0 saturated heterocycles. The molecule has 0 spiro atoms. The molecule has 1 aromatic carbocycles. The number of benzene rings is 1. The number of rotatable bonds is 3. The molecular formula is C10H14N2NaO. The van der Waals surface area contributed by atoms with Crippen LogP contribution in [0.15, 0.2) is 30.3 Å². The van der Waals surface area contributed by atoms with Gasteiger partial charge in [-0.1, -0.05) is 30.3 Å². The van der Waals surface area contributed by atoms with Crippen molar-refractivity contribution in [1.82, 2.24) is 5.32 Å². The third-order valence-electron chi connectivity index (χ3n) is 1.88. The summed E-state index contributed by atoms with van der Waals surface area (Å²) in [6.45, 7) is 0. The minimum Gasteiger partial charge on any atom is -0.358 e. The molecule has 0 aliphatic carbocycles. The molecule has 0 aromatic heterocycles. The van der Waals surface area contributed by atoms with Crippen LogP contribution in [0.5, 0.6) is 0 Å². The van der Waals surface area contributed by atoms with Crippen molar-refractivity contribution in [3.05, 3.63) is 35.9 Å². The molecule has 4 heteroatoms. The van der Waals surface area contributed by atoms with Crippen LogP contribution in [-0.4, -0.2) is 48.6 Å². The molecule has 0 aliphatic heterocycles. The number of hydrogen-bond acceptors (Lipinski definition) is 2. The summed E-state index contributed by atoms with van der Waals surface area (Å²) >= 11 is 0. The zero-order chi connectivity index (χ0) is 9.68. The third-order valence-corrected chi connectivity index (χ3v) is 1.88. The van der Waals surface area contributed by atoms with Crippen molar-refractivity contribution in [2.75, 3.05) is 7.05 Å². The summed E-state index contributed by atoms with van der Waals surface area (Å²) in [5, 5.41) is 2.52. The van der Waals surface area contributed by atoms with Crippen molar-refractivity contribution < 1.29 is 4.79 Å². The second-order valence-electron chi connectivity index (χ2n) is 2.91. The summed E-state index contributed by atoms with van der Waals surface area (Å²) in [5.74, 6) is -0.121. The maximum absolute atomic E-state index is 11.1. The molecule has 0 aliphatic rings. The van der Waals surface area contributed by atoms with E-state index in [0.717, 1.165) is 5.56 Å². The summed E-state index contributed by atoms with van der Waals surface area (Å²) in [7, 11) is 1.59. The molecule has 14 heavy (non-hydrogen) atoms. The second kappa shape index (κ2) is 7.01. The van der Waals surface area contributed by atoms with E-state index in [1.807, 2.05) is 30.3 Å². The average Bonchev–Trinajstić information content (AvgIpc) is 2.18. The number of nitrogens with one attached hydrogen (secondary N) is 1. The number of carbonyl (C=O) groups excluding carboxylic acids is 1. The molecule has 0 bridgehead atoms. The number of nitrogens with two attached hydrogens (primary N) is 1. The van der Waals surface area contributed by atoms with Gasteiger partial charge in [0.05, 0.1) is 6.04 Å². The van der Waals surface area contributed by atoms with E-state index in [4.69, 9.17) is 5.73 Å². The van der Waals surface area contributed by atoms with Crippen molar-refractivity contribution in [2.45, 2.75) is 12.5 Å². The van der Waals surface area contributed by atoms with Crippen LogP contribution in [0.2, 0.25) is 0 Å². The van der Waals surface area contributed by atoms with Gasteiger partial charge in [0.2, 0.25) is 5.91 Å². The molecule has 1 radical (unpaired) electrons. The third kappa shape index (κ3) is 4.24. The van der Waals surface area contributed by atoms with Gasteiger partial charge in [-0.3, -0.25) is 4.79 Å². The molecule has 1 aromatic rings. The summed E-state index contributed by atoms with van der Waals surface area (Å²) < 4.78 is 0. The molecule has 0 saturated carbocycles. The van der Waals surface area contributed by atoms with E-state index in [1.54, 1.807) is 7.05 Å². The summed E-state index contributed by atoms with van der Waals surface area (Å²) in [6.07, 6.45) is 0.584. The van der Waals surface area contributed by atoms with E-state index < -0.39 is 6.04 Å². The normalized spacial score (nSPS) is 11.3. The van der Waals surface area contributed by atoms with Gasteiger partial charge in [-0.15, -0.1) is 0 Å². The summed E-state index contributed by atoms with van der Waals surface area (Å²) in [5.41, 5.74) is 6.73. The molecule has 0 fully saturated rings. The zero-order valence-corrected chi connectivity index (χ0v) is 10.7. The Hall–Kier alpha value is -0.350. The van der Waals surface area contributed by atoms with Crippen molar-refractivity contribution in [3.63, 3.8) is 0 Å². The first-order valence-electron chi connectivity index (χ1n) is 4.25. The molecule has 71 valence electrons. The van der Waals surface area contributed by atoms with Crippen molar-refractivity contribution in [3.8, 4) is 0 Å². The van der Waals surface area contributed by atoms with E-state index in [2.05, 4.69) is 5.32 Å². The molecule has 1 rings (SSSR count). The molecule has 0 heterocycles. The van der Waals surface area contributed by atoms with Crippen LogP contribution in [0.4, 0.5) is 0 Å².